The molecule has 34 heavy (non-hydrogen) atoms. The highest BCUT2D eigenvalue weighted by Crippen LogP contribution is 2.29. The van der Waals surface area contributed by atoms with Crippen LogP contribution in [-0.4, -0.2) is 29.9 Å². The Balaban J connectivity index is 1.38. The molecule has 3 aromatic rings. The first kappa shape index (κ1) is 23.5. The summed E-state index contributed by atoms with van der Waals surface area (Å²) in [5.74, 6) is -0.495. The van der Waals surface area contributed by atoms with Crippen molar-refractivity contribution in [3.63, 3.8) is 0 Å². The summed E-state index contributed by atoms with van der Waals surface area (Å²) in [4.78, 5) is 27.4. The van der Waals surface area contributed by atoms with Crippen molar-refractivity contribution in [3.05, 3.63) is 101 Å². The van der Waals surface area contributed by atoms with E-state index in [1.54, 1.807) is 17.0 Å². The molecule has 1 unspecified atom stereocenters. The SMILES string of the molecule is O=C(CCN(CCc1ccccc1)C(=O)Nc1cccc(F)c1)NC1CCCc2ccccc21. The number of fused-ring (bicyclic) bond motifs is 1. The molecule has 1 aliphatic carbocycles. The first-order chi connectivity index (χ1) is 16.6. The van der Waals surface area contributed by atoms with Gasteiger partial charge in [0.05, 0.1) is 6.04 Å². The van der Waals surface area contributed by atoms with Gasteiger partial charge in [0.2, 0.25) is 5.91 Å². The number of nitrogens with one attached hydrogen (secondary N) is 2. The fraction of sp³-hybridized carbons (Fsp3) is 0.286. The van der Waals surface area contributed by atoms with Gasteiger partial charge in [-0.1, -0.05) is 60.7 Å². The number of carbonyl (C=O) groups is 2. The van der Waals surface area contributed by atoms with Crippen molar-refractivity contribution >= 4 is 17.6 Å². The number of hydrogen-bond donors (Lipinski definition) is 2. The van der Waals surface area contributed by atoms with Crippen molar-refractivity contribution in [1.82, 2.24) is 10.2 Å². The van der Waals surface area contributed by atoms with Crippen LogP contribution in [0.15, 0.2) is 78.9 Å². The number of aryl methyl sites for hydroxylation is 1. The van der Waals surface area contributed by atoms with Crippen LogP contribution in [0.5, 0.6) is 0 Å². The Labute approximate surface area is 200 Å². The third kappa shape index (κ3) is 6.44. The number of urea groups is 1. The zero-order valence-corrected chi connectivity index (χ0v) is 19.2. The summed E-state index contributed by atoms with van der Waals surface area (Å²) in [6.45, 7) is 0.721. The van der Waals surface area contributed by atoms with E-state index in [1.807, 2.05) is 42.5 Å². The van der Waals surface area contributed by atoms with Crippen LogP contribution in [0.2, 0.25) is 0 Å². The maximum atomic E-state index is 13.6. The molecule has 1 aliphatic rings. The average molecular weight is 460 g/mol. The van der Waals surface area contributed by atoms with Gasteiger partial charge in [-0.25, -0.2) is 9.18 Å². The lowest BCUT2D eigenvalue weighted by atomic mass is 9.87. The number of rotatable bonds is 8. The molecule has 0 aliphatic heterocycles. The van der Waals surface area contributed by atoms with E-state index in [2.05, 4.69) is 22.8 Å². The van der Waals surface area contributed by atoms with Gasteiger partial charge in [0.1, 0.15) is 5.82 Å². The molecule has 1 atom stereocenters. The lowest BCUT2D eigenvalue weighted by Crippen LogP contribution is -2.40. The van der Waals surface area contributed by atoms with Crippen molar-refractivity contribution in [2.75, 3.05) is 18.4 Å². The molecule has 0 bridgehead atoms. The second-order valence-electron chi connectivity index (χ2n) is 8.62. The van der Waals surface area contributed by atoms with Crippen LogP contribution in [-0.2, 0) is 17.6 Å². The average Bonchev–Trinajstić information content (AvgIpc) is 2.85. The second kappa shape index (κ2) is 11.5. The van der Waals surface area contributed by atoms with Gasteiger partial charge in [-0.3, -0.25) is 4.79 Å². The molecule has 3 aromatic carbocycles. The van der Waals surface area contributed by atoms with E-state index in [-0.39, 0.29) is 30.9 Å². The molecule has 0 saturated carbocycles. The summed E-state index contributed by atoms with van der Waals surface area (Å²) in [5.41, 5.74) is 3.97. The van der Waals surface area contributed by atoms with Crippen molar-refractivity contribution < 1.29 is 14.0 Å². The number of halogens is 1. The molecule has 2 N–H and O–H groups in total. The standard InChI is InChI=1S/C28H30FN3O2/c29-23-12-7-13-24(20-23)30-28(34)32(18-16-21-8-2-1-3-9-21)19-17-27(33)31-26-15-6-11-22-10-4-5-14-25(22)26/h1-5,7-10,12-14,20,26H,6,11,15-19H2,(H,30,34)(H,31,33). The van der Waals surface area contributed by atoms with Crippen molar-refractivity contribution in [2.45, 2.75) is 38.1 Å². The highest BCUT2D eigenvalue weighted by Gasteiger charge is 2.22. The third-order valence-corrected chi connectivity index (χ3v) is 6.19. The lowest BCUT2D eigenvalue weighted by Gasteiger charge is -2.27. The quantitative estimate of drug-likeness (QED) is 0.468. The highest BCUT2D eigenvalue weighted by atomic mass is 19.1. The molecule has 0 aromatic heterocycles. The summed E-state index contributed by atoms with van der Waals surface area (Å²) in [7, 11) is 0. The Morgan fingerprint density at radius 2 is 1.74 bits per heavy atom. The first-order valence-electron chi connectivity index (χ1n) is 11.8. The van der Waals surface area contributed by atoms with Crippen molar-refractivity contribution in [1.29, 1.82) is 0 Å². The van der Waals surface area contributed by atoms with E-state index < -0.39 is 5.82 Å². The zero-order chi connectivity index (χ0) is 23.8. The van der Waals surface area contributed by atoms with Crippen LogP contribution >= 0.6 is 0 Å². The van der Waals surface area contributed by atoms with Crippen molar-refractivity contribution in [2.24, 2.45) is 0 Å². The third-order valence-electron chi connectivity index (χ3n) is 6.19. The summed E-state index contributed by atoms with van der Waals surface area (Å²) < 4.78 is 13.6. The van der Waals surface area contributed by atoms with Gasteiger partial charge in [0, 0.05) is 25.2 Å². The van der Waals surface area contributed by atoms with Crippen molar-refractivity contribution in [3.8, 4) is 0 Å². The zero-order valence-electron chi connectivity index (χ0n) is 19.2. The van der Waals surface area contributed by atoms with Crippen LogP contribution in [0, 0.1) is 5.82 Å². The fourth-order valence-corrected chi connectivity index (χ4v) is 4.40. The Morgan fingerprint density at radius 3 is 2.56 bits per heavy atom. The molecule has 0 heterocycles. The first-order valence-corrected chi connectivity index (χ1v) is 11.8. The van der Waals surface area contributed by atoms with Gasteiger partial charge in [0.15, 0.2) is 0 Å². The monoisotopic (exact) mass is 459 g/mol. The van der Waals surface area contributed by atoms with Crippen LogP contribution in [0.1, 0.15) is 42.0 Å². The Bertz CT molecular complexity index is 1120. The van der Waals surface area contributed by atoms with E-state index in [4.69, 9.17) is 0 Å². The maximum Gasteiger partial charge on any atom is 0.321 e. The molecule has 0 saturated heterocycles. The number of hydrogen-bond acceptors (Lipinski definition) is 2. The number of carbonyl (C=O) groups excluding carboxylic acids is 2. The van der Waals surface area contributed by atoms with E-state index >= 15 is 0 Å². The molecule has 4 rings (SSSR count). The molecule has 6 heteroatoms. The van der Waals surface area contributed by atoms with Gasteiger partial charge in [-0.15, -0.1) is 0 Å². The molecule has 176 valence electrons. The minimum atomic E-state index is -0.416. The predicted octanol–water partition coefficient (Wildman–Crippen LogP) is 5.49. The minimum Gasteiger partial charge on any atom is -0.349 e. The smallest absolute Gasteiger partial charge is 0.321 e. The summed E-state index contributed by atoms with van der Waals surface area (Å²) in [6.07, 6.45) is 3.86. The molecule has 0 spiro atoms. The number of benzene rings is 3. The normalized spacial score (nSPS) is 14.7. The van der Waals surface area contributed by atoms with Crippen LogP contribution < -0.4 is 10.6 Å². The fourth-order valence-electron chi connectivity index (χ4n) is 4.40. The summed E-state index contributed by atoms with van der Waals surface area (Å²) >= 11 is 0. The number of amides is 3. The Kier molecular flexibility index (Phi) is 7.91. The number of nitrogens with zero attached hydrogens (tertiary/aromatic N) is 1. The summed E-state index contributed by atoms with van der Waals surface area (Å²) in [6, 6.07) is 23.6. The maximum absolute atomic E-state index is 13.6. The molecule has 3 amide bonds. The van der Waals surface area contributed by atoms with E-state index in [1.165, 1.54) is 23.3 Å². The van der Waals surface area contributed by atoms with Gasteiger partial charge in [-0.2, -0.15) is 0 Å². The van der Waals surface area contributed by atoms with Gasteiger partial charge < -0.3 is 15.5 Å². The second-order valence-corrected chi connectivity index (χ2v) is 8.62. The minimum absolute atomic E-state index is 0.0105. The van der Waals surface area contributed by atoms with Gasteiger partial charge >= 0.3 is 6.03 Å². The molecule has 5 nitrogen and oxygen atoms in total. The topological polar surface area (TPSA) is 61.4 Å². The molecule has 0 radical (unpaired) electrons. The van der Waals surface area contributed by atoms with E-state index in [9.17, 15) is 14.0 Å². The molecular formula is C28H30FN3O2. The van der Waals surface area contributed by atoms with Crippen LogP contribution in [0.25, 0.3) is 0 Å². The summed E-state index contributed by atoms with van der Waals surface area (Å²) in [5, 5.41) is 5.91. The van der Waals surface area contributed by atoms with Gasteiger partial charge in [-0.05, 0) is 60.6 Å². The van der Waals surface area contributed by atoms with Crippen LogP contribution in [0.4, 0.5) is 14.9 Å². The van der Waals surface area contributed by atoms with E-state index in [0.29, 0.717) is 18.7 Å². The van der Waals surface area contributed by atoms with Crippen LogP contribution in [0.3, 0.4) is 0 Å². The molecular weight excluding hydrogens is 429 g/mol. The van der Waals surface area contributed by atoms with Gasteiger partial charge in [0.25, 0.3) is 0 Å². The lowest BCUT2D eigenvalue weighted by molar-refractivity contribution is -0.122. The number of anilines is 1. The Morgan fingerprint density at radius 1 is 0.941 bits per heavy atom. The Hall–Kier alpha value is -3.67. The predicted molar refractivity (Wildman–Crippen MR) is 132 cm³/mol. The highest BCUT2D eigenvalue weighted by molar-refractivity contribution is 5.89. The van der Waals surface area contributed by atoms with E-state index in [0.717, 1.165) is 24.8 Å². The molecule has 0 fully saturated rings. The largest absolute Gasteiger partial charge is 0.349 e.